The number of thioether (sulfide) groups is 1. The second kappa shape index (κ2) is 6.95. The van der Waals surface area contributed by atoms with Crippen molar-refractivity contribution in [2.24, 2.45) is 14.1 Å². The molecule has 1 aromatic carbocycles. The first-order chi connectivity index (χ1) is 12.7. The van der Waals surface area contributed by atoms with E-state index in [0.29, 0.717) is 16.4 Å². The standard InChI is InChI=1S/C17H17N5O4S/c1-9(2)27-15-12-14(20(3)17(24)21(4)16(12)23)18-13(19-15)10-5-7-11(8-6-10)22(25)26/h5-9H,1-4H3. The van der Waals surface area contributed by atoms with Gasteiger partial charge in [-0.1, -0.05) is 13.8 Å². The molecule has 9 nitrogen and oxygen atoms in total. The highest BCUT2D eigenvalue weighted by Crippen LogP contribution is 2.29. The van der Waals surface area contributed by atoms with Gasteiger partial charge in [-0.05, 0) is 12.1 Å². The topological polar surface area (TPSA) is 113 Å². The highest BCUT2D eigenvalue weighted by atomic mass is 32.2. The molecular formula is C17H17N5O4S. The van der Waals surface area contributed by atoms with Crippen LogP contribution in [-0.2, 0) is 14.1 Å². The number of fused-ring (bicyclic) bond motifs is 1. The third kappa shape index (κ3) is 3.35. The van der Waals surface area contributed by atoms with Gasteiger partial charge in [-0.15, -0.1) is 11.8 Å². The second-order valence-corrected chi connectivity index (χ2v) is 7.79. The fourth-order valence-electron chi connectivity index (χ4n) is 2.60. The van der Waals surface area contributed by atoms with Crippen LogP contribution in [0.3, 0.4) is 0 Å². The van der Waals surface area contributed by atoms with E-state index in [1.807, 2.05) is 13.8 Å². The number of nitro benzene ring substituents is 1. The summed E-state index contributed by atoms with van der Waals surface area (Å²) in [5, 5.41) is 11.7. The molecule has 3 aromatic rings. The molecule has 140 valence electrons. The van der Waals surface area contributed by atoms with Gasteiger partial charge in [0.05, 0.1) is 4.92 Å². The highest BCUT2D eigenvalue weighted by molar-refractivity contribution is 8.00. The lowest BCUT2D eigenvalue weighted by Gasteiger charge is -2.13. The molecule has 0 unspecified atom stereocenters. The predicted octanol–water partition coefficient (Wildman–Crippen LogP) is 2.10. The Kier molecular flexibility index (Phi) is 4.83. The fourth-order valence-corrected chi connectivity index (χ4v) is 3.48. The Morgan fingerprint density at radius 1 is 1.07 bits per heavy atom. The first-order valence-electron chi connectivity index (χ1n) is 8.10. The Bertz CT molecular complexity index is 1170. The molecule has 0 bridgehead atoms. The van der Waals surface area contributed by atoms with E-state index in [1.54, 1.807) is 19.2 Å². The average Bonchev–Trinajstić information content (AvgIpc) is 2.63. The van der Waals surface area contributed by atoms with Crippen LogP contribution in [0.2, 0.25) is 0 Å². The van der Waals surface area contributed by atoms with Crippen LogP contribution < -0.4 is 11.2 Å². The van der Waals surface area contributed by atoms with Crippen LogP contribution in [0.4, 0.5) is 5.69 Å². The summed E-state index contributed by atoms with van der Waals surface area (Å²) < 4.78 is 2.33. The minimum atomic E-state index is -0.488. The molecule has 2 aromatic heterocycles. The summed E-state index contributed by atoms with van der Waals surface area (Å²) in [7, 11) is 2.96. The summed E-state index contributed by atoms with van der Waals surface area (Å²) in [5.41, 5.74) is -0.193. The molecule has 0 aliphatic rings. The predicted molar refractivity (Wildman–Crippen MR) is 103 cm³/mol. The molecule has 0 saturated carbocycles. The molecule has 0 amide bonds. The Morgan fingerprint density at radius 2 is 1.70 bits per heavy atom. The van der Waals surface area contributed by atoms with Gasteiger partial charge in [0, 0.05) is 37.0 Å². The fraction of sp³-hybridized carbons (Fsp3) is 0.294. The molecule has 0 N–H and O–H groups in total. The molecule has 0 radical (unpaired) electrons. The number of hydrogen-bond acceptors (Lipinski definition) is 7. The Balaban J connectivity index is 2.34. The Hall–Kier alpha value is -3.01. The number of hydrogen-bond donors (Lipinski definition) is 0. The number of rotatable bonds is 4. The quantitative estimate of drug-likeness (QED) is 0.291. The molecule has 27 heavy (non-hydrogen) atoms. The minimum absolute atomic E-state index is 0.0439. The van der Waals surface area contributed by atoms with E-state index < -0.39 is 16.2 Å². The molecular weight excluding hydrogens is 370 g/mol. The van der Waals surface area contributed by atoms with Crippen LogP contribution in [-0.4, -0.2) is 29.3 Å². The van der Waals surface area contributed by atoms with Crippen molar-refractivity contribution in [2.45, 2.75) is 24.1 Å². The van der Waals surface area contributed by atoms with Crippen LogP contribution in [0.25, 0.3) is 22.4 Å². The normalized spacial score (nSPS) is 11.3. The lowest BCUT2D eigenvalue weighted by Crippen LogP contribution is -2.37. The Labute approximate surface area is 157 Å². The second-order valence-electron chi connectivity index (χ2n) is 6.23. The van der Waals surface area contributed by atoms with E-state index in [1.165, 1.54) is 35.5 Å². The van der Waals surface area contributed by atoms with Gasteiger partial charge < -0.3 is 0 Å². The van der Waals surface area contributed by atoms with Crippen LogP contribution in [0.5, 0.6) is 0 Å². The largest absolute Gasteiger partial charge is 0.332 e. The molecule has 10 heteroatoms. The highest BCUT2D eigenvalue weighted by Gasteiger charge is 2.19. The van der Waals surface area contributed by atoms with Crippen LogP contribution in [0.1, 0.15) is 13.8 Å². The molecule has 0 saturated heterocycles. The van der Waals surface area contributed by atoms with E-state index >= 15 is 0 Å². The first kappa shape index (κ1) is 18.8. The first-order valence-corrected chi connectivity index (χ1v) is 8.98. The lowest BCUT2D eigenvalue weighted by atomic mass is 10.2. The zero-order chi connectivity index (χ0) is 19.9. The SMILES string of the molecule is CC(C)Sc1nc(-c2ccc([N+](=O)[O-])cc2)nc2c1c(=O)n(C)c(=O)n2C. The van der Waals surface area contributed by atoms with Crippen LogP contribution >= 0.6 is 11.8 Å². The van der Waals surface area contributed by atoms with Crippen LogP contribution in [0.15, 0.2) is 38.9 Å². The zero-order valence-corrected chi connectivity index (χ0v) is 16.0. The third-order valence-electron chi connectivity index (χ3n) is 3.95. The molecule has 0 atom stereocenters. The summed E-state index contributed by atoms with van der Waals surface area (Å²) in [6.07, 6.45) is 0. The smallest absolute Gasteiger partial charge is 0.280 e. The number of nitrogens with zero attached hydrogens (tertiary/aromatic N) is 5. The number of aryl methyl sites for hydroxylation is 1. The maximum atomic E-state index is 12.7. The van der Waals surface area contributed by atoms with Crippen molar-refractivity contribution < 1.29 is 4.92 Å². The molecule has 0 fully saturated rings. The number of benzene rings is 1. The van der Waals surface area contributed by atoms with E-state index in [-0.39, 0.29) is 22.0 Å². The number of aromatic nitrogens is 4. The molecule has 3 rings (SSSR count). The van der Waals surface area contributed by atoms with Crippen molar-refractivity contribution in [1.29, 1.82) is 0 Å². The third-order valence-corrected chi connectivity index (χ3v) is 4.94. The van der Waals surface area contributed by atoms with Gasteiger partial charge in [-0.3, -0.25) is 24.0 Å². The molecule has 0 aliphatic heterocycles. The van der Waals surface area contributed by atoms with Gasteiger partial charge in [-0.2, -0.15) is 0 Å². The van der Waals surface area contributed by atoms with Crippen molar-refractivity contribution in [1.82, 2.24) is 19.1 Å². The van der Waals surface area contributed by atoms with Crippen LogP contribution in [0, 0.1) is 10.1 Å². The lowest BCUT2D eigenvalue weighted by molar-refractivity contribution is -0.384. The van der Waals surface area contributed by atoms with Gasteiger partial charge in [0.2, 0.25) is 0 Å². The average molecular weight is 387 g/mol. The van der Waals surface area contributed by atoms with Crippen molar-refractivity contribution in [3.63, 3.8) is 0 Å². The summed E-state index contributed by atoms with van der Waals surface area (Å²) in [4.78, 5) is 44.2. The van der Waals surface area contributed by atoms with Gasteiger partial charge >= 0.3 is 5.69 Å². The van der Waals surface area contributed by atoms with Gasteiger partial charge in [0.1, 0.15) is 10.4 Å². The Morgan fingerprint density at radius 3 is 2.26 bits per heavy atom. The van der Waals surface area contributed by atoms with E-state index in [9.17, 15) is 19.7 Å². The summed E-state index contributed by atoms with van der Waals surface area (Å²) in [6, 6.07) is 5.81. The summed E-state index contributed by atoms with van der Waals surface area (Å²) in [6.45, 7) is 3.94. The van der Waals surface area contributed by atoms with E-state index in [4.69, 9.17) is 0 Å². The molecule has 2 heterocycles. The van der Waals surface area contributed by atoms with E-state index in [0.717, 1.165) is 4.57 Å². The van der Waals surface area contributed by atoms with Crippen molar-refractivity contribution in [3.8, 4) is 11.4 Å². The molecule has 0 spiro atoms. The van der Waals surface area contributed by atoms with Crippen molar-refractivity contribution in [2.75, 3.05) is 0 Å². The van der Waals surface area contributed by atoms with E-state index in [2.05, 4.69) is 9.97 Å². The maximum absolute atomic E-state index is 12.7. The van der Waals surface area contributed by atoms with Gasteiger partial charge in [-0.25, -0.2) is 14.8 Å². The van der Waals surface area contributed by atoms with Gasteiger partial charge in [0.25, 0.3) is 11.2 Å². The molecule has 0 aliphatic carbocycles. The summed E-state index contributed by atoms with van der Waals surface area (Å²) in [5.74, 6) is 0.295. The van der Waals surface area contributed by atoms with Gasteiger partial charge in [0.15, 0.2) is 11.5 Å². The number of nitro groups is 1. The van der Waals surface area contributed by atoms with Crippen molar-refractivity contribution in [3.05, 3.63) is 55.2 Å². The maximum Gasteiger partial charge on any atom is 0.332 e. The minimum Gasteiger partial charge on any atom is -0.280 e. The monoisotopic (exact) mass is 387 g/mol. The zero-order valence-electron chi connectivity index (χ0n) is 15.2. The number of non-ortho nitro benzene ring substituents is 1. The summed E-state index contributed by atoms with van der Waals surface area (Å²) >= 11 is 1.39. The van der Waals surface area contributed by atoms with Crippen molar-refractivity contribution >= 4 is 28.5 Å².